The van der Waals surface area contributed by atoms with E-state index in [0.717, 1.165) is 18.8 Å². The summed E-state index contributed by atoms with van der Waals surface area (Å²) < 4.78 is 5.10. The number of carbonyl (C=O) groups excluding carboxylic acids is 2. The summed E-state index contributed by atoms with van der Waals surface area (Å²) in [5.41, 5.74) is 1.94. The van der Waals surface area contributed by atoms with Crippen molar-refractivity contribution in [2.24, 2.45) is 0 Å². The van der Waals surface area contributed by atoms with E-state index in [9.17, 15) is 9.59 Å². The van der Waals surface area contributed by atoms with Gasteiger partial charge in [-0.25, -0.2) is 0 Å². The lowest BCUT2D eigenvalue weighted by Crippen LogP contribution is -3.13. The number of quaternary nitrogens is 1. The molecule has 6 heteroatoms. The van der Waals surface area contributed by atoms with Crippen molar-refractivity contribution < 1.29 is 19.2 Å². The van der Waals surface area contributed by atoms with Crippen LogP contribution in [-0.2, 0) is 4.79 Å². The van der Waals surface area contributed by atoms with E-state index >= 15 is 0 Å². The van der Waals surface area contributed by atoms with Crippen LogP contribution in [0.25, 0.3) is 0 Å². The SMILES string of the molecule is COc1ccc(NC(=O)c2ccc(NC(=O)C[NH+]3CCCCC3)cc2)cc1. The van der Waals surface area contributed by atoms with E-state index < -0.39 is 0 Å². The molecule has 0 aromatic heterocycles. The van der Waals surface area contributed by atoms with Gasteiger partial charge in [0.05, 0.1) is 20.2 Å². The molecule has 0 aliphatic carbocycles. The zero-order chi connectivity index (χ0) is 19.1. The summed E-state index contributed by atoms with van der Waals surface area (Å²) in [5.74, 6) is 0.553. The number of hydrogen-bond donors (Lipinski definition) is 3. The Morgan fingerprint density at radius 3 is 2.11 bits per heavy atom. The topological polar surface area (TPSA) is 71.9 Å². The first kappa shape index (κ1) is 18.9. The summed E-state index contributed by atoms with van der Waals surface area (Å²) in [4.78, 5) is 25.8. The van der Waals surface area contributed by atoms with Crippen LogP contribution >= 0.6 is 0 Å². The van der Waals surface area contributed by atoms with Crippen molar-refractivity contribution >= 4 is 23.2 Å². The van der Waals surface area contributed by atoms with Gasteiger partial charge in [-0.3, -0.25) is 9.59 Å². The van der Waals surface area contributed by atoms with Gasteiger partial charge < -0.3 is 20.3 Å². The number of anilines is 2. The number of piperidine rings is 1. The number of ether oxygens (including phenoxy) is 1. The zero-order valence-corrected chi connectivity index (χ0v) is 15.6. The van der Waals surface area contributed by atoms with Crippen molar-refractivity contribution in [3.05, 3.63) is 54.1 Å². The normalized spacial score (nSPS) is 14.4. The molecule has 2 amide bonds. The van der Waals surface area contributed by atoms with Crippen LogP contribution in [0.4, 0.5) is 11.4 Å². The molecule has 0 radical (unpaired) electrons. The molecule has 0 atom stereocenters. The van der Waals surface area contributed by atoms with Gasteiger partial charge in [0.15, 0.2) is 6.54 Å². The molecule has 1 saturated heterocycles. The third-order valence-corrected chi connectivity index (χ3v) is 4.75. The van der Waals surface area contributed by atoms with E-state index in [2.05, 4.69) is 10.6 Å². The molecule has 1 aliphatic heterocycles. The Bertz CT molecular complexity index is 766. The first-order valence-corrected chi connectivity index (χ1v) is 9.33. The highest BCUT2D eigenvalue weighted by atomic mass is 16.5. The molecule has 2 aromatic carbocycles. The van der Waals surface area contributed by atoms with E-state index in [-0.39, 0.29) is 11.8 Å². The fourth-order valence-corrected chi connectivity index (χ4v) is 3.24. The average molecular weight is 368 g/mol. The van der Waals surface area contributed by atoms with Crippen molar-refractivity contribution in [1.29, 1.82) is 0 Å². The molecule has 3 rings (SSSR count). The highest BCUT2D eigenvalue weighted by molar-refractivity contribution is 6.04. The van der Waals surface area contributed by atoms with Gasteiger partial charge >= 0.3 is 0 Å². The number of hydrogen-bond acceptors (Lipinski definition) is 3. The van der Waals surface area contributed by atoms with Crippen LogP contribution in [0.15, 0.2) is 48.5 Å². The Morgan fingerprint density at radius 2 is 1.48 bits per heavy atom. The first-order chi connectivity index (χ1) is 13.1. The third-order valence-electron chi connectivity index (χ3n) is 4.75. The fraction of sp³-hybridized carbons (Fsp3) is 0.333. The Morgan fingerprint density at radius 1 is 0.889 bits per heavy atom. The number of carbonyl (C=O) groups is 2. The van der Waals surface area contributed by atoms with Crippen molar-refractivity contribution in [1.82, 2.24) is 0 Å². The molecule has 1 aliphatic rings. The number of amides is 2. The van der Waals surface area contributed by atoms with E-state index in [0.29, 0.717) is 23.5 Å². The van der Waals surface area contributed by atoms with Gasteiger partial charge in [-0.2, -0.15) is 0 Å². The van der Waals surface area contributed by atoms with Gasteiger partial charge in [-0.05, 0) is 67.8 Å². The summed E-state index contributed by atoms with van der Waals surface area (Å²) in [5, 5.41) is 5.75. The van der Waals surface area contributed by atoms with Crippen LogP contribution in [-0.4, -0.2) is 38.6 Å². The molecule has 1 fully saturated rings. The number of nitrogens with one attached hydrogen (secondary N) is 3. The summed E-state index contributed by atoms with van der Waals surface area (Å²) >= 11 is 0. The summed E-state index contributed by atoms with van der Waals surface area (Å²) in [6.45, 7) is 2.63. The maximum absolute atomic E-state index is 12.3. The Balaban J connectivity index is 1.52. The average Bonchev–Trinajstić information content (AvgIpc) is 2.70. The second-order valence-electron chi connectivity index (χ2n) is 6.80. The maximum atomic E-state index is 12.3. The third kappa shape index (κ3) is 5.56. The van der Waals surface area contributed by atoms with E-state index in [1.54, 1.807) is 55.6 Å². The van der Waals surface area contributed by atoms with Gasteiger partial charge in [0, 0.05) is 16.9 Å². The molecule has 0 saturated carbocycles. The zero-order valence-electron chi connectivity index (χ0n) is 15.6. The van der Waals surface area contributed by atoms with Gasteiger partial charge in [0.2, 0.25) is 0 Å². The molecule has 1 heterocycles. The Labute approximate surface area is 159 Å². The maximum Gasteiger partial charge on any atom is 0.279 e. The van der Waals surface area contributed by atoms with Crippen LogP contribution in [0, 0.1) is 0 Å². The monoisotopic (exact) mass is 368 g/mol. The van der Waals surface area contributed by atoms with Crippen LogP contribution in [0.3, 0.4) is 0 Å². The highest BCUT2D eigenvalue weighted by Crippen LogP contribution is 2.16. The molecule has 2 aromatic rings. The predicted molar refractivity (Wildman–Crippen MR) is 105 cm³/mol. The van der Waals surface area contributed by atoms with Gasteiger partial charge in [-0.1, -0.05) is 0 Å². The number of rotatable bonds is 6. The molecule has 6 nitrogen and oxygen atoms in total. The van der Waals surface area contributed by atoms with Crippen molar-refractivity contribution in [2.75, 3.05) is 37.4 Å². The molecule has 0 bridgehead atoms. The van der Waals surface area contributed by atoms with Gasteiger partial charge in [-0.15, -0.1) is 0 Å². The van der Waals surface area contributed by atoms with E-state index in [1.807, 2.05) is 0 Å². The molecule has 27 heavy (non-hydrogen) atoms. The number of benzene rings is 2. The molecule has 0 unspecified atom stereocenters. The lowest BCUT2D eigenvalue weighted by atomic mass is 10.1. The predicted octanol–water partition coefficient (Wildman–Crippen LogP) is 1.95. The quantitative estimate of drug-likeness (QED) is 0.730. The Hall–Kier alpha value is -2.86. The highest BCUT2D eigenvalue weighted by Gasteiger charge is 2.17. The van der Waals surface area contributed by atoms with Crippen molar-refractivity contribution in [3.8, 4) is 5.75 Å². The number of likely N-dealkylation sites (tertiary alicyclic amines) is 1. The lowest BCUT2D eigenvalue weighted by Gasteiger charge is -2.22. The second kappa shape index (κ2) is 9.19. The molecular formula is C21H26N3O3+. The molecule has 142 valence electrons. The van der Waals surface area contributed by atoms with Crippen LogP contribution < -0.4 is 20.3 Å². The summed E-state index contributed by atoms with van der Waals surface area (Å²) in [7, 11) is 1.60. The lowest BCUT2D eigenvalue weighted by molar-refractivity contribution is -0.896. The van der Waals surface area contributed by atoms with Crippen LogP contribution in [0.1, 0.15) is 29.6 Å². The van der Waals surface area contributed by atoms with Crippen molar-refractivity contribution in [2.45, 2.75) is 19.3 Å². The van der Waals surface area contributed by atoms with E-state index in [4.69, 9.17) is 4.74 Å². The first-order valence-electron chi connectivity index (χ1n) is 9.33. The smallest absolute Gasteiger partial charge is 0.279 e. The molecular weight excluding hydrogens is 342 g/mol. The standard InChI is InChI=1S/C21H25N3O3/c1-27-19-11-9-18(10-12-19)23-21(26)16-5-7-17(8-6-16)22-20(25)15-24-13-3-2-4-14-24/h5-12H,2-4,13-15H2,1H3,(H,22,25)(H,23,26)/p+1. The molecule has 0 spiro atoms. The minimum atomic E-state index is -0.198. The minimum Gasteiger partial charge on any atom is -0.497 e. The Kier molecular flexibility index (Phi) is 6.44. The molecule has 3 N–H and O–H groups in total. The number of methoxy groups -OCH3 is 1. The fourth-order valence-electron chi connectivity index (χ4n) is 3.24. The van der Waals surface area contributed by atoms with Crippen LogP contribution in [0.5, 0.6) is 5.75 Å². The summed E-state index contributed by atoms with van der Waals surface area (Å²) in [6.07, 6.45) is 3.66. The van der Waals surface area contributed by atoms with Crippen LogP contribution in [0.2, 0.25) is 0 Å². The largest absolute Gasteiger partial charge is 0.497 e. The minimum absolute atomic E-state index is 0.0161. The second-order valence-corrected chi connectivity index (χ2v) is 6.80. The van der Waals surface area contributed by atoms with Gasteiger partial charge in [0.25, 0.3) is 11.8 Å². The van der Waals surface area contributed by atoms with Crippen molar-refractivity contribution in [3.63, 3.8) is 0 Å². The van der Waals surface area contributed by atoms with E-state index in [1.165, 1.54) is 24.2 Å². The van der Waals surface area contributed by atoms with Gasteiger partial charge in [0.1, 0.15) is 5.75 Å². The summed E-state index contributed by atoms with van der Waals surface area (Å²) in [6, 6.07) is 14.1.